The second-order valence-electron chi connectivity index (χ2n) is 5.46. The van der Waals surface area contributed by atoms with Crippen LogP contribution in [-0.2, 0) is 25.5 Å². The Morgan fingerprint density at radius 1 is 1.22 bits per heavy atom. The molecule has 0 aliphatic carbocycles. The molecule has 2 aromatic rings. The Morgan fingerprint density at radius 2 is 2.00 bits per heavy atom. The number of nitrogens with one attached hydrogen (secondary N) is 1. The molecule has 2 rings (SSSR count). The number of amides is 1. The lowest BCUT2D eigenvalue weighted by Crippen LogP contribution is -2.21. The number of carbonyl (C=O) groups is 3. The number of esters is 2. The standard InChI is InChI=1S/C19H21NO5S2/c1-4-14-12(3)27-18(17(14)19(23)24-5-2)20-15(21)10-25-16(22)7-6-13-8-9-26-11-13/h6-9,11H,4-5,10H2,1-3H3,(H,20,21)/b7-6+. The molecule has 27 heavy (non-hydrogen) atoms. The van der Waals surface area contributed by atoms with E-state index < -0.39 is 24.5 Å². The molecule has 0 aliphatic heterocycles. The maximum absolute atomic E-state index is 12.2. The Balaban J connectivity index is 1.99. The van der Waals surface area contributed by atoms with Gasteiger partial charge in [0.15, 0.2) is 6.61 Å². The highest BCUT2D eigenvalue weighted by Gasteiger charge is 2.23. The molecule has 0 aliphatic rings. The highest BCUT2D eigenvalue weighted by Crippen LogP contribution is 2.34. The van der Waals surface area contributed by atoms with Crippen LogP contribution in [0.3, 0.4) is 0 Å². The first-order valence-corrected chi connectivity index (χ1v) is 10.2. The molecular weight excluding hydrogens is 386 g/mol. The van der Waals surface area contributed by atoms with Crippen molar-refractivity contribution in [2.24, 2.45) is 0 Å². The van der Waals surface area contributed by atoms with Gasteiger partial charge in [0.25, 0.3) is 5.91 Å². The van der Waals surface area contributed by atoms with Crippen LogP contribution in [0.2, 0.25) is 0 Å². The molecule has 0 bridgehead atoms. The van der Waals surface area contributed by atoms with Crippen LogP contribution < -0.4 is 5.32 Å². The summed E-state index contributed by atoms with van der Waals surface area (Å²) in [6.07, 6.45) is 3.53. The average molecular weight is 408 g/mol. The summed E-state index contributed by atoms with van der Waals surface area (Å²) in [5.41, 5.74) is 2.12. The zero-order valence-electron chi connectivity index (χ0n) is 15.4. The Bertz CT molecular complexity index is 837. The molecular formula is C19H21NO5S2. The molecule has 0 radical (unpaired) electrons. The van der Waals surface area contributed by atoms with Gasteiger partial charge < -0.3 is 14.8 Å². The highest BCUT2D eigenvalue weighted by molar-refractivity contribution is 7.16. The zero-order valence-corrected chi connectivity index (χ0v) is 17.0. The van der Waals surface area contributed by atoms with E-state index in [0.717, 1.165) is 16.0 Å². The summed E-state index contributed by atoms with van der Waals surface area (Å²) >= 11 is 2.82. The largest absolute Gasteiger partial charge is 0.462 e. The minimum Gasteiger partial charge on any atom is -0.462 e. The first kappa shape index (κ1) is 20.9. The first-order chi connectivity index (χ1) is 13.0. The van der Waals surface area contributed by atoms with Crippen molar-refractivity contribution in [1.82, 2.24) is 0 Å². The van der Waals surface area contributed by atoms with Gasteiger partial charge in [-0.05, 0) is 54.3 Å². The second-order valence-corrected chi connectivity index (χ2v) is 7.47. The van der Waals surface area contributed by atoms with E-state index >= 15 is 0 Å². The van der Waals surface area contributed by atoms with E-state index in [4.69, 9.17) is 9.47 Å². The molecule has 6 nitrogen and oxygen atoms in total. The summed E-state index contributed by atoms with van der Waals surface area (Å²) in [7, 11) is 0. The van der Waals surface area contributed by atoms with E-state index in [9.17, 15) is 14.4 Å². The number of rotatable bonds is 8. The number of ether oxygens (including phenoxy) is 2. The van der Waals surface area contributed by atoms with Crippen molar-refractivity contribution in [2.75, 3.05) is 18.5 Å². The van der Waals surface area contributed by atoms with Crippen molar-refractivity contribution in [3.8, 4) is 0 Å². The van der Waals surface area contributed by atoms with Crippen molar-refractivity contribution in [2.45, 2.75) is 27.2 Å². The minimum atomic E-state index is -0.612. The predicted molar refractivity (Wildman–Crippen MR) is 107 cm³/mol. The van der Waals surface area contributed by atoms with Crippen LogP contribution in [0.15, 0.2) is 22.9 Å². The molecule has 0 saturated carbocycles. The van der Waals surface area contributed by atoms with Crippen LogP contribution in [0.4, 0.5) is 5.00 Å². The molecule has 0 spiro atoms. The van der Waals surface area contributed by atoms with Crippen LogP contribution in [0.25, 0.3) is 6.08 Å². The Morgan fingerprint density at radius 3 is 2.63 bits per heavy atom. The van der Waals surface area contributed by atoms with E-state index in [-0.39, 0.29) is 6.61 Å². The third-order valence-electron chi connectivity index (χ3n) is 3.60. The Kier molecular flexibility index (Phi) is 7.75. The summed E-state index contributed by atoms with van der Waals surface area (Å²) in [5, 5.41) is 6.85. The van der Waals surface area contributed by atoms with Crippen LogP contribution in [-0.4, -0.2) is 31.1 Å². The van der Waals surface area contributed by atoms with Gasteiger partial charge in [-0.25, -0.2) is 9.59 Å². The van der Waals surface area contributed by atoms with E-state index in [1.165, 1.54) is 28.7 Å². The van der Waals surface area contributed by atoms with E-state index in [1.807, 2.05) is 30.7 Å². The molecule has 2 heterocycles. The van der Waals surface area contributed by atoms with Gasteiger partial charge in [-0.2, -0.15) is 11.3 Å². The predicted octanol–water partition coefficient (Wildman–Crippen LogP) is 4.05. The van der Waals surface area contributed by atoms with Crippen molar-refractivity contribution in [1.29, 1.82) is 0 Å². The van der Waals surface area contributed by atoms with Gasteiger partial charge in [-0.15, -0.1) is 11.3 Å². The molecule has 8 heteroatoms. The van der Waals surface area contributed by atoms with Gasteiger partial charge in [-0.3, -0.25) is 4.79 Å². The van der Waals surface area contributed by atoms with Crippen LogP contribution in [0, 0.1) is 6.92 Å². The quantitative estimate of drug-likeness (QED) is 0.527. The maximum Gasteiger partial charge on any atom is 0.341 e. The minimum absolute atomic E-state index is 0.248. The molecule has 0 atom stereocenters. The van der Waals surface area contributed by atoms with Crippen molar-refractivity contribution < 1.29 is 23.9 Å². The molecule has 0 fully saturated rings. The summed E-state index contributed by atoms with van der Waals surface area (Å²) < 4.78 is 10.0. The van der Waals surface area contributed by atoms with Gasteiger partial charge >= 0.3 is 11.9 Å². The van der Waals surface area contributed by atoms with Crippen molar-refractivity contribution in [3.05, 3.63) is 44.5 Å². The lowest BCUT2D eigenvalue weighted by molar-refractivity contribution is -0.142. The fourth-order valence-corrected chi connectivity index (χ4v) is 4.17. The van der Waals surface area contributed by atoms with E-state index in [1.54, 1.807) is 13.0 Å². The summed E-state index contributed by atoms with van der Waals surface area (Å²) in [4.78, 5) is 37.0. The molecule has 0 unspecified atom stereocenters. The van der Waals surface area contributed by atoms with Gasteiger partial charge in [0.1, 0.15) is 5.00 Å². The van der Waals surface area contributed by atoms with Crippen LogP contribution in [0.1, 0.15) is 40.2 Å². The number of carbonyl (C=O) groups excluding carboxylic acids is 3. The van der Waals surface area contributed by atoms with Crippen LogP contribution in [0.5, 0.6) is 0 Å². The normalized spacial score (nSPS) is 10.8. The Labute approximate surface area is 165 Å². The number of aryl methyl sites for hydroxylation is 1. The molecule has 1 N–H and O–H groups in total. The molecule has 0 saturated heterocycles. The molecule has 2 aromatic heterocycles. The summed E-state index contributed by atoms with van der Waals surface area (Å²) in [6.45, 7) is 5.36. The highest BCUT2D eigenvalue weighted by atomic mass is 32.1. The first-order valence-electron chi connectivity index (χ1n) is 8.42. The number of hydrogen-bond acceptors (Lipinski definition) is 7. The zero-order chi connectivity index (χ0) is 19.8. The topological polar surface area (TPSA) is 81.7 Å². The lowest BCUT2D eigenvalue weighted by Gasteiger charge is -2.08. The van der Waals surface area contributed by atoms with Gasteiger partial charge in [-0.1, -0.05) is 6.92 Å². The Hall–Kier alpha value is -2.45. The monoisotopic (exact) mass is 407 g/mol. The number of anilines is 1. The SMILES string of the molecule is CCOC(=O)c1c(NC(=O)COC(=O)/C=C/c2ccsc2)sc(C)c1CC. The van der Waals surface area contributed by atoms with Gasteiger partial charge in [0.05, 0.1) is 12.2 Å². The molecule has 144 valence electrons. The smallest absolute Gasteiger partial charge is 0.341 e. The third-order valence-corrected chi connectivity index (χ3v) is 5.36. The average Bonchev–Trinajstić information content (AvgIpc) is 3.25. The molecule has 1 amide bonds. The van der Waals surface area contributed by atoms with Crippen molar-refractivity contribution in [3.63, 3.8) is 0 Å². The van der Waals surface area contributed by atoms with Crippen LogP contribution >= 0.6 is 22.7 Å². The van der Waals surface area contributed by atoms with E-state index in [0.29, 0.717) is 17.0 Å². The maximum atomic E-state index is 12.2. The molecule has 0 aromatic carbocycles. The fourth-order valence-electron chi connectivity index (χ4n) is 2.39. The fraction of sp³-hybridized carbons (Fsp3) is 0.316. The summed E-state index contributed by atoms with van der Waals surface area (Å²) in [6, 6.07) is 1.86. The third kappa shape index (κ3) is 5.77. The van der Waals surface area contributed by atoms with E-state index in [2.05, 4.69) is 5.32 Å². The van der Waals surface area contributed by atoms with Gasteiger partial charge in [0, 0.05) is 11.0 Å². The second kappa shape index (κ2) is 10.0. The van der Waals surface area contributed by atoms with Gasteiger partial charge in [0.2, 0.25) is 0 Å². The summed E-state index contributed by atoms with van der Waals surface area (Å²) in [5.74, 6) is -1.59. The number of hydrogen-bond donors (Lipinski definition) is 1. The lowest BCUT2D eigenvalue weighted by atomic mass is 10.1. The number of thiophene rings is 2. The van der Waals surface area contributed by atoms with Crippen molar-refractivity contribution >= 4 is 51.6 Å².